The molecule has 0 fully saturated rings. The first-order chi connectivity index (χ1) is 14.6. The lowest BCUT2D eigenvalue weighted by Crippen LogP contribution is -2.25. The largest absolute Gasteiger partial charge is 0.489 e. The third-order valence-electron chi connectivity index (χ3n) is 4.62. The van der Waals surface area contributed by atoms with Gasteiger partial charge in [0.05, 0.1) is 14.2 Å². The van der Waals surface area contributed by atoms with E-state index in [1.54, 1.807) is 6.92 Å². The number of ketones is 2. The summed E-state index contributed by atoms with van der Waals surface area (Å²) < 4.78 is 10.1. The molecule has 1 aliphatic carbocycles. The lowest BCUT2D eigenvalue weighted by Gasteiger charge is -2.20. The number of ether oxygens (including phenoxy) is 2. The van der Waals surface area contributed by atoms with Crippen LogP contribution in [0.2, 0.25) is 0 Å². The molecule has 1 N–H and O–H groups in total. The topological polar surface area (TPSA) is 72.8 Å². The average molecular weight is 429 g/mol. The van der Waals surface area contributed by atoms with Gasteiger partial charge in [-0.15, -0.1) is 0 Å². The Morgan fingerprint density at radius 1 is 0.667 bits per heavy atom. The minimum atomic E-state index is -0.236. The first-order valence-corrected chi connectivity index (χ1v) is 11.6. The second-order valence-electron chi connectivity index (χ2n) is 6.41. The molecule has 0 saturated carbocycles. The van der Waals surface area contributed by atoms with E-state index in [4.69, 9.17) is 14.6 Å². The standard InChI is InChI=1S/C20H32O4.2C2H6.CH4O/c1-5-6-7-8-9-10-11-12-13-14-16-15(2)17(21)19(23-3)20(24-4)18(16)22;3*1-2/h5-14H2,1-4H3;2*1-2H3;2H,1H3. The first kappa shape index (κ1) is 33.0. The van der Waals surface area contributed by atoms with Crippen LogP contribution in [0.1, 0.15) is 106 Å². The molecule has 0 bridgehead atoms. The molecule has 0 heterocycles. The molecule has 0 aliphatic heterocycles. The fourth-order valence-corrected chi connectivity index (χ4v) is 3.11. The highest BCUT2D eigenvalue weighted by Gasteiger charge is 2.34. The van der Waals surface area contributed by atoms with Crippen LogP contribution < -0.4 is 0 Å². The predicted molar refractivity (Wildman–Crippen MR) is 126 cm³/mol. The Balaban J connectivity index is -0.00000111. The number of unbranched alkanes of at least 4 members (excludes halogenated alkanes) is 8. The van der Waals surface area contributed by atoms with E-state index >= 15 is 0 Å². The van der Waals surface area contributed by atoms with Gasteiger partial charge in [0.1, 0.15) is 0 Å². The second-order valence-corrected chi connectivity index (χ2v) is 6.41. The molecule has 0 aromatic heterocycles. The van der Waals surface area contributed by atoms with Gasteiger partial charge in [-0.3, -0.25) is 9.59 Å². The Morgan fingerprint density at radius 2 is 1.03 bits per heavy atom. The van der Waals surface area contributed by atoms with Crippen molar-refractivity contribution >= 4 is 11.6 Å². The number of hydrogen-bond donors (Lipinski definition) is 1. The van der Waals surface area contributed by atoms with Crippen molar-refractivity contribution in [3.05, 3.63) is 22.7 Å². The Kier molecular flexibility index (Phi) is 26.0. The predicted octanol–water partition coefficient (Wildman–Crippen LogP) is 6.54. The maximum absolute atomic E-state index is 12.5. The Hall–Kier alpha value is -1.62. The lowest BCUT2D eigenvalue weighted by atomic mass is 9.89. The van der Waals surface area contributed by atoms with Gasteiger partial charge in [-0.1, -0.05) is 86.0 Å². The summed E-state index contributed by atoms with van der Waals surface area (Å²) >= 11 is 0. The van der Waals surface area contributed by atoms with Gasteiger partial charge < -0.3 is 14.6 Å². The lowest BCUT2D eigenvalue weighted by molar-refractivity contribution is -0.121. The highest BCUT2D eigenvalue weighted by molar-refractivity contribution is 6.23. The molecule has 0 atom stereocenters. The van der Waals surface area contributed by atoms with E-state index in [1.165, 1.54) is 59.2 Å². The minimum absolute atomic E-state index is 0.0239. The average Bonchev–Trinajstić information content (AvgIpc) is 2.80. The zero-order valence-electron chi connectivity index (χ0n) is 21.2. The number of hydrogen-bond acceptors (Lipinski definition) is 5. The fourth-order valence-electron chi connectivity index (χ4n) is 3.11. The first-order valence-electron chi connectivity index (χ1n) is 11.6. The molecule has 0 radical (unpaired) electrons. The van der Waals surface area contributed by atoms with Gasteiger partial charge in [0.15, 0.2) is 0 Å². The smallest absolute Gasteiger partial charge is 0.228 e. The molecule has 30 heavy (non-hydrogen) atoms. The van der Waals surface area contributed by atoms with Gasteiger partial charge >= 0.3 is 0 Å². The molecule has 1 rings (SSSR count). The van der Waals surface area contributed by atoms with Gasteiger partial charge in [-0.05, 0) is 19.8 Å². The quantitative estimate of drug-likeness (QED) is 0.282. The number of methoxy groups -OCH3 is 2. The van der Waals surface area contributed by atoms with Gasteiger partial charge in [0, 0.05) is 18.3 Å². The van der Waals surface area contributed by atoms with Crippen molar-refractivity contribution in [1.29, 1.82) is 0 Å². The van der Waals surface area contributed by atoms with Crippen LogP contribution in [0.4, 0.5) is 0 Å². The van der Waals surface area contributed by atoms with Crippen molar-refractivity contribution in [3.8, 4) is 0 Å². The van der Waals surface area contributed by atoms with Gasteiger partial charge in [0.25, 0.3) is 0 Å². The third-order valence-corrected chi connectivity index (χ3v) is 4.62. The molecular formula is C25H48O5. The molecule has 1 aliphatic rings. The van der Waals surface area contributed by atoms with Crippen molar-refractivity contribution in [2.45, 2.75) is 106 Å². The zero-order valence-corrected chi connectivity index (χ0v) is 21.2. The van der Waals surface area contributed by atoms with E-state index in [9.17, 15) is 9.59 Å². The zero-order chi connectivity index (χ0) is 23.9. The number of carbonyl (C=O) groups excluding carboxylic acids is 2. The van der Waals surface area contributed by atoms with Crippen LogP contribution in [0.15, 0.2) is 22.7 Å². The maximum Gasteiger partial charge on any atom is 0.228 e. The molecule has 0 saturated heterocycles. The van der Waals surface area contributed by atoms with Crippen LogP contribution in [-0.4, -0.2) is 38.0 Å². The maximum atomic E-state index is 12.5. The fraction of sp³-hybridized carbons (Fsp3) is 0.760. The monoisotopic (exact) mass is 428 g/mol. The molecule has 0 amide bonds. The van der Waals surface area contributed by atoms with Crippen LogP contribution in [0.3, 0.4) is 0 Å². The minimum Gasteiger partial charge on any atom is -0.489 e. The second kappa shape index (κ2) is 23.7. The van der Waals surface area contributed by atoms with Gasteiger partial charge in [0.2, 0.25) is 23.1 Å². The molecule has 178 valence electrons. The summed E-state index contributed by atoms with van der Waals surface area (Å²) in [6.45, 7) is 11.9. The van der Waals surface area contributed by atoms with Crippen LogP contribution in [0.5, 0.6) is 0 Å². The number of aliphatic hydroxyl groups is 1. The number of aliphatic hydroxyl groups excluding tert-OH is 1. The van der Waals surface area contributed by atoms with Crippen LogP contribution in [0.25, 0.3) is 0 Å². The molecule has 0 aromatic carbocycles. The van der Waals surface area contributed by atoms with E-state index in [0.717, 1.165) is 20.0 Å². The summed E-state index contributed by atoms with van der Waals surface area (Å²) in [6, 6.07) is 0. The summed E-state index contributed by atoms with van der Waals surface area (Å²) in [5, 5.41) is 7.00. The van der Waals surface area contributed by atoms with Crippen LogP contribution >= 0.6 is 0 Å². The summed E-state index contributed by atoms with van der Waals surface area (Å²) in [6.07, 6.45) is 11.7. The van der Waals surface area contributed by atoms with Crippen molar-refractivity contribution < 1.29 is 24.2 Å². The highest BCUT2D eigenvalue weighted by Crippen LogP contribution is 2.28. The van der Waals surface area contributed by atoms with Crippen LogP contribution in [0, 0.1) is 0 Å². The van der Waals surface area contributed by atoms with Crippen molar-refractivity contribution in [2.75, 3.05) is 21.3 Å². The molecule has 0 spiro atoms. The SMILES string of the molecule is CC.CC.CCCCCCCCCCCC1=C(C)C(=O)C(OC)=C(OC)C1=O.CO. The normalized spacial score (nSPS) is 12.9. The highest BCUT2D eigenvalue weighted by atomic mass is 16.5. The molecule has 5 heteroatoms. The van der Waals surface area contributed by atoms with Gasteiger partial charge in [-0.2, -0.15) is 0 Å². The Labute approximate surface area is 185 Å². The van der Waals surface area contributed by atoms with Gasteiger partial charge in [-0.25, -0.2) is 0 Å². The summed E-state index contributed by atoms with van der Waals surface area (Å²) in [4.78, 5) is 24.7. The molecule has 5 nitrogen and oxygen atoms in total. The third kappa shape index (κ3) is 12.2. The van der Waals surface area contributed by atoms with E-state index < -0.39 is 0 Å². The van der Waals surface area contributed by atoms with E-state index in [0.29, 0.717) is 17.6 Å². The van der Waals surface area contributed by atoms with E-state index in [2.05, 4.69) is 6.92 Å². The number of rotatable bonds is 12. The summed E-state index contributed by atoms with van der Waals surface area (Å²) in [7, 11) is 3.79. The van der Waals surface area contributed by atoms with Crippen molar-refractivity contribution in [3.63, 3.8) is 0 Å². The number of carbonyl (C=O) groups is 2. The van der Waals surface area contributed by atoms with E-state index in [-0.39, 0.29) is 23.1 Å². The van der Waals surface area contributed by atoms with Crippen molar-refractivity contribution in [2.24, 2.45) is 0 Å². The molecular weight excluding hydrogens is 380 g/mol. The summed E-state index contributed by atoms with van der Waals surface area (Å²) in [5.74, 6) is -0.374. The van der Waals surface area contributed by atoms with Crippen molar-refractivity contribution in [1.82, 2.24) is 0 Å². The number of allylic oxidation sites excluding steroid dienone is 2. The molecule has 0 aromatic rings. The Morgan fingerprint density at radius 3 is 1.43 bits per heavy atom. The van der Waals surface area contributed by atoms with E-state index in [1.807, 2.05) is 27.7 Å². The Bertz CT molecular complexity index is 504. The number of Topliss-reactive ketones (excluding diaryl/α,β-unsaturated/α-hetero) is 2. The van der Waals surface area contributed by atoms with Crippen LogP contribution in [-0.2, 0) is 19.1 Å². The summed E-state index contributed by atoms with van der Waals surface area (Å²) in [5.41, 5.74) is 1.08. The molecule has 0 unspecified atom stereocenters.